The van der Waals surface area contributed by atoms with Gasteiger partial charge in [-0.25, -0.2) is 10.4 Å². The standard InChI is InChI=1S/C30H36N8O3/c1-5-28(39)32-23-17-24(26(40-4)18-25(23)37-13-15-41-16-14-37)33-30-31-12-11-27(34-30)38-20-22(19-36(2)3)29(35-38)21-9-7-6-8-10-21/h5-12,17-18,20,29,35H,1,13-16,19H2,2-4H3,(H,32,39)(H,31,33,34). The second kappa shape index (κ2) is 12.8. The van der Waals surface area contributed by atoms with Crippen molar-refractivity contribution < 1.29 is 14.3 Å². The average molecular weight is 557 g/mol. The molecule has 1 saturated heterocycles. The maximum absolute atomic E-state index is 12.3. The van der Waals surface area contributed by atoms with Crippen molar-refractivity contribution >= 4 is 34.7 Å². The summed E-state index contributed by atoms with van der Waals surface area (Å²) in [5.41, 5.74) is 8.04. The van der Waals surface area contributed by atoms with Crippen LogP contribution in [0.25, 0.3) is 0 Å². The summed E-state index contributed by atoms with van der Waals surface area (Å²) in [6.45, 7) is 7.01. The van der Waals surface area contributed by atoms with Crippen molar-refractivity contribution in [2.75, 3.05) is 74.6 Å². The number of carbonyl (C=O) groups is 1. The summed E-state index contributed by atoms with van der Waals surface area (Å²) in [7, 11) is 5.72. The van der Waals surface area contributed by atoms with Crippen LogP contribution in [0.3, 0.4) is 0 Å². The van der Waals surface area contributed by atoms with Crippen molar-refractivity contribution in [2.24, 2.45) is 0 Å². The van der Waals surface area contributed by atoms with Crippen LogP contribution in [0.1, 0.15) is 11.6 Å². The number of methoxy groups -OCH3 is 1. The zero-order chi connectivity index (χ0) is 28.8. The third-order valence-corrected chi connectivity index (χ3v) is 6.81. The lowest BCUT2D eigenvalue weighted by Crippen LogP contribution is -2.36. The Labute approximate surface area is 240 Å². The molecular weight excluding hydrogens is 520 g/mol. The third-order valence-electron chi connectivity index (χ3n) is 6.81. The zero-order valence-electron chi connectivity index (χ0n) is 23.6. The number of ether oxygens (including phenoxy) is 2. The predicted octanol–water partition coefficient (Wildman–Crippen LogP) is 3.70. The Morgan fingerprint density at radius 2 is 1.98 bits per heavy atom. The van der Waals surface area contributed by atoms with E-state index in [-0.39, 0.29) is 11.9 Å². The molecule has 41 heavy (non-hydrogen) atoms. The Hall–Kier alpha value is -4.45. The van der Waals surface area contributed by atoms with Crippen molar-refractivity contribution in [3.63, 3.8) is 0 Å². The average Bonchev–Trinajstić information content (AvgIpc) is 3.41. The van der Waals surface area contributed by atoms with E-state index in [0.29, 0.717) is 55.2 Å². The molecule has 3 heterocycles. The molecule has 11 nitrogen and oxygen atoms in total. The Balaban J connectivity index is 1.43. The smallest absolute Gasteiger partial charge is 0.247 e. The number of nitrogens with one attached hydrogen (secondary N) is 3. The van der Waals surface area contributed by atoms with Crippen molar-refractivity contribution in [3.05, 3.63) is 84.7 Å². The van der Waals surface area contributed by atoms with Crippen LogP contribution in [-0.2, 0) is 9.53 Å². The van der Waals surface area contributed by atoms with Crippen LogP contribution in [0.15, 0.2) is 79.2 Å². The van der Waals surface area contributed by atoms with Gasteiger partial charge in [0.25, 0.3) is 0 Å². The summed E-state index contributed by atoms with van der Waals surface area (Å²) in [5, 5.41) is 8.14. The van der Waals surface area contributed by atoms with Gasteiger partial charge in [-0.2, -0.15) is 4.98 Å². The molecule has 0 aliphatic carbocycles. The molecule has 214 valence electrons. The van der Waals surface area contributed by atoms with Gasteiger partial charge in [-0.1, -0.05) is 36.9 Å². The maximum atomic E-state index is 12.3. The quantitative estimate of drug-likeness (QED) is 0.320. The van der Waals surface area contributed by atoms with Gasteiger partial charge < -0.3 is 29.9 Å². The molecular formula is C30H36N8O3. The number of benzene rings is 2. The highest BCUT2D eigenvalue weighted by atomic mass is 16.5. The molecule has 0 saturated carbocycles. The Morgan fingerprint density at radius 1 is 1.20 bits per heavy atom. The molecule has 5 rings (SSSR count). The van der Waals surface area contributed by atoms with E-state index in [1.807, 2.05) is 41.4 Å². The molecule has 0 bridgehead atoms. The number of hydrogen-bond donors (Lipinski definition) is 3. The van der Waals surface area contributed by atoms with Crippen LogP contribution in [0, 0.1) is 0 Å². The van der Waals surface area contributed by atoms with Crippen molar-refractivity contribution in [1.82, 2.24) is 20.3 Å². The molecule has 1 fully saturated rings. The van der Waals surface area contributed by atoms with Crippen molar-refractivity contribution in [1.29, 1.82) is 0 Å². The Kier molecular flexibility index (Phi) is 8.78. The molecule has 1 atom stereocenters. The summed E-state index contributed by atoms with van der Waals surface area (Å²) in [6.07, 6.45) is 5.04. The minimum atomic E-state index is -0.303. The first-order valence-corrected chi connectivity index (χ1v) is 13.5. The predicted molar refractivity (Wildman–Crippen MR) is 162 cm³/mol. The van der Waals surface area contributed by atoms with E-state index in [1.54, 1.807) is 13.3 Å². The van der Waals surface area contributed by atoms with Crippen LogP contribution in [-0.4, -0.2) is 74.8 Å². The fourth-order valence-corrected chi connectivity index (χ4v) is 4.91. The fourth-order valence-electron chi connectivity index (χ4n) is 4.91. The monoisotopic (exact) mass is 556 g/mol. The van der Waals surface area contributed by atoms with Gasteiger partial charge in [-0.3, -0.25) is 9.80 Å². The minimum absolute atomic E-state index is 0.0221. The molecule has 3 N–H and O–H groups in total. The molecule has 0 radical (unpaired) electrons. The number of anilines is 5. The summed E-state index contributed by atoms with van der Waals surface area (Å²) in [4.78, 5) is 25.8. The summed E-state index contributed by atoms with van der Waals surface area (Å²) in [6, 6.07) is 15.9. The lowest BCUT2D eigenvalue weighted by atomic mass is 10.0. The summed E-state index contributed by atoms with van der Waals surface area (Å²) < 4.78 is 11.2. The van der Waals surface area contributed by atoms with Gasteiger partial charge in [0.1, 0.15) is 5.75 Å². The molecule has 1 amide bonds. The highest BCUT2D eigenvalue weighted by Gasteiger charge is 2.27. The van der Waals surface area contributed by atoms with Gasteiger partial charge >= 0.3 is 0 Å². The minimum Gasteiger partial charge on any atom is -0.494 e. The summed E-state index contributed by atoms with van der Waals surface area (Å²) >= 11 is 0. The fraction of sp³-hybridized carbons (Fsp3) is 0.300. The molecule has 3 aromatic rings. The molecule has 1 unspecified atom stereocenters. The molecule has 2 aliphatic heterocycles. The maximum Gasteiger partial charge on any atom is 0.247 e. The lowest BCUT2D eigenvalue weighted by Gasteiger charge is -2.31. The van der Waals surface area contributed by atoms with E-state index >= 15 is 0 Å². The molecule has 11 heteroatoms. The van der Waals surface area contributed by atoms with Gasteiger partial charge in [0.2, 0.25) is 11.9 Å². The topological polar surface area (TPSA) is 107 Å². The number of hydrogen-bond acceptors (Lipinski definition) is 10. The van der Waals surface area contributed by atoms with Crippen LogP contribution >= 0.6 is 0 Å². The Bertz CT molecular complexity index is 1410. The van der Waals surface area contributed by atoms with Gasteiger partial charge in [-0.05, 0) is 37.4 Å². The number of carbonyl (C=O) groups excluding carboxylic acids is 1. The summed E-state index contributed by atoms with van der Waals surface area (Å²) in [5.74, 6) is 1.35. The number of hydrazine groups is 1. The third kappa shape index (κ3) is 6.65. The van der Waals surface area contributed by atoms with Gasteiger partial charge in [0, 0.05) is 44.2 Å². The highest BCUT2D eigenvalue weighted by molar-refractivity contribution is 6.02. The van der Waals surface area contributed by atoms with Crippen LogP contribution in [0.5, 0.6) is 5.75 Å². The van der Waals surface area contributed by atoms with E-state index < -0.39 is 0 Å². The lowest BCUT2D eigenvalue weighted by molar-refractivity contribution is -0.111. The van der Waals surface area contributed by atoms with Crippen LogP contribution in [0.2, 0.25) is 0 Å². The first-order valence-electron chi connectivity index (χ1n) is 13.5. The van der Waals surface area contributed by atoms with Gasteiger partial charge in [0.05, 0.1) is 43.4 Å². The first-order chi connectivity index (χ1) is 19.9. The number of rotatable bonds is 10. The van der Waals surface area contributed by atoms with Crippen LogP contribution < -0.4 is 30.7 Å². The molecule has 0 spiro atoms. The van der Waals surface area contributed by atoms with Gasteiger partial charge in [-0.15, -0.1) is 0 Å². The van der Waals surface area contributed by atoms with E-state index in [1.165, 1.54) is 17.2 Å². The number of amides is 1. The molecule has 2 aliphatic rings. The number of nitrogens with zero attached hydrogens (tertiary/aromatic N) is 5. The second-order valence-corrected chi connectivity index (χ2v) is 10.0. The van der Waals surface area contributed by atoms with Crippen molar-refractivity contribution in [3.8, 4) is 5.75 Å². The van der Waals surface area contributed by atoms with Gasteiger partial charge in [0.15, 0.2) is 5.82 Å². The van der Waals surface area contributed by atoms with E-state index in [9.17, 15) is 4.79 Å². The number of likely N-dealkylation sites (N-methyl/N-ethyl adjacent to an activating group) is 1. The molecule has 1 aromatic heterocycles. The van der Waals surface area contributed by atoms with Crippen LogP contribution in [0.4, 0.5) is 28.8 Å². The van der Waals surface area contributed by atoms with Crippen molar-refractivity contribution in [2.45, 2.75) is 6.04 Å². The largest absolute Gasteiger partial charge is 0.494 e. The number of morpholine rings is 1. The number of aromatic nitrogens is 2. The van der Waals surface area contributed by atoms with E-state index in [4.69, 9.17) is 14.5 Å². The second-order valence-electron chi connectivity index (χ2n) is 10.0. The van der Waals surface area contributed by atoms with E-state index in [0.717, 1.165) is 12.2 Å². The SMILES string of the molecule is C=CC(=O)Nc1cc(Nc2nccc(N3C=C(CN(C)C)C(c4ccccc4)N3)n2)c(OC)cc1N1CCOCC1. The Morgan fingerprint density at radius 3 is 2.68 bits per heavy atom. The highest BCUT2D eigenvalue weighted by Crippen LogP contribution is 2.39. The molecule has 2 aromatic carbocycles. The normalized spacial score (nSPS) is 16.9. The zero-order valence-corrected chi connectivity index (χ0v) is 23.6. The van der Waals surface area contributed by atoms with E-state index in [2.05, 4.69) is 69.9 Å². The first kappa shape index (κ1) is 28.1.